The average molecular weight is 321 g/mol. The third-order valence-corrected chi connectivity index (χ3v) is 3.68. The standard InChI is InChI=1S/C15H15N9/c1-9(10-5-3-7-16-10)20-22-15-19-14-13(21-23-15)18-12-11(24(14)2)6-4-8-17-12/h3-8,16H,1-2H3,(H,17,18,21)(H,19,22,23). The summed E-state index contributed by atoms with van der Waals surface area (Å²) in [5, 5.41) is 15.6. The molecule has 0 fully saturated rings. The molecule has 1 aliphatic rings. The maximum atomic E-state index is 4.48. The molecule has 1 aliphatic heterocycles. The van der Waals surface area contributed by atoms with E-state index in [2.05, 4.69) is 41.0 Å². The first-order valence-corrected chi connectivity index (χ1v) is 7.37. The fourth-order valence-electron chi connectivity index (χ4n) is 2.42. The van der Waals surface area contributed by atoms with Gasteiger partial charge in [-0.1, -0.05) is 0 Å². The molecule has 24 heavy (non-hydrogen) atoms. The molecular formula is C15H15N9. The highest BCUT2D eigenvalue weighted by Crippen LogP contribution is 2.38. The van der Waals surface area contributed by atoms with Crippen LogP contribution in [0.15, 0.2) is 41.8 Å². The van der Waals surface area contributed by atoms with Gasteiger partial charge in [0.2, 0.25) is 0 Å². The molecule has 3 N–H and O–H groups in total. The van der Waals surface area contributed by atoms with Crippen molar-refractivity contribution in [2.45, 2.75) is 6.92 Å². The van der Waals surface area contributed by atoms with E-state index in [0.29, 0.717) is 17.6 Å². The fraction of sp³-hybridized carbons (Fsp3) is 0.133. The molecule has 120 valence electrons. The van der Waals surface area contributed by atoms with Crippen LogP contribution in [0.5, 0.6) is 0 Å². The van der Waals surface area contributed by atoms with Crippen LogP contribution in [0.3, 0.4) is 0 Å². The van der Waals surface area contributed by atoms with Crippen molar-refractivity contribution < 1.29 is 0 Å². The lowest BCUT2D eigenvalue weighted by atomic mass is 10.3. The molecule has 3 aromatic heterocycles. The fourth-order valence-corrected chi connectivity index (χ4v) is 2.42. The Labute approximate surface area is 137 Å². The van der Waals surface area contributed by atoms with Crippen LogP contribution in [-0.2, 0) is 0 Å². The molecule has 0 aromatic carbocycles. The quantitative estimate of drug-likeness (QED) is 0.501. The van der Waals surface area contributed by atoms with E-state index in [1.54, 1.807) is 6.20 Å². The molecular weight excluding hydrogens is 306 g/mol. The van der Waals surface area contributed by atoms with Gasteiger partial charge in [-0.3, -0.25) is 0 Å². The van der Waals surface area contributed by atoms with Crippen LogP contribution in [0.1, 0.15) is 12.6 Å². The van der Waals surface area contributed by atoms with Crippen molar-refractivity contribution in [1.82, 2.24) is 25.1 Å². The predicted octanol–water partition coefficient (Wildman–Crippen LogP) is 2.26. The first kappa shape index (κ1) is 14.1. The van der Waals surface area contributed by atoms with Crippen molar-refractivity contribution in [3.05, 3.63) is 42.4 Å². The summed E-state index contributed by atoms with van der Waals surface area (Å²) in [5.74, 6) is 2.26. The molecule has 9 heteroatoms. The number of hydrazone groups is 1. The van der Waals surface area contributed by atoms with Crippen LogP contribution in [0.4, 0.5) is 29.1 Å². The van der Waals surface area contributed by atoms with Gasteiger partial charge in [-0.05, 0) is 31.2 Å². The van der Waals surface area contributed by atoms with Crippen molar-refractivity contribution >= 4 is 34.8 Å². The normalized spacial score (nSPS) is 13.1. The van der Waals surface area contributed by atoms with E-state index in [1.165, 1.54) is 0 Å². The third kappa shape index (κ3) is 2.41. The Morgan fingerprint density at radius 3 is 2.96 bits per heavy atom. The number of fused-ring (bicyclic) bond motifs is 2. The summed E-state index contributed by atoms with van der Waals surface area (Å²) >= 11 is 0. The van der Waals surface area contributed by atoms with E-state index >= 15 is 0 Å². The number of rotatable bonds is 3. The number of H-pyrrole nitrogens is 1. The number of nitrogens with one attached hydrogen (secondary N) is 3. The molecule has 9 nitrogen and oxygen atoms in total. The monoisotopic (exact) mass is 321 g/mol. The summed E-state index contributed by atoms with van der Waals surface area (Å²) in [6.45, 7) is 1.89. The highest BCUT2D eigenvalue weighted by atomic mass is 15.4. The second-order valence-corrected chi connectivity index (χ2v) is 5.26. The van der Waals surface area contributed by atoms with Crippen molar-refractivity contribution in [2.24, 2.45) is 5.10 Å². The first-order chi connectivity index (χ1) is 11.7. The molecule has 0 spiro atoms. The van der Waals surface area contributed by atoms with Gasteiger partial charge in [-0.25, -0.2) is 10.4 Å². The average Bonchev–Trinajstić information content (AvgIpc) is 3.15. The molecule has 0 atom stereocenters. The summed E-state index contributed by atoms with van der Waals surface area (Å²) < 4.78 is 0. The van der Waals surface area contributed by atoms with Gasteiger partial charge in [-0.2, -0.15) is 10.1 Å². The lowest BCUT2D eigenvalue weighted by Gasteiger charge is -2.27. The summed E-state index contributed by atoms with van der Waals surface area (Å²) in [6.07, 6.45) is 3.57. The number of hydrogen-bond acceptors (Lipinski definition) is 8. The molecule has 0 saturated carbocycles. The first-order valence-electron chi connectivity index (χ1n) is 7.37. The number of aromatic amines is 1. The Hall–Kier alpha value is -3.49. The Bertz CT molecular complexity index is 901. The van der Waals surface area contributed by atoms with Gasteiger partial charge in [0.25, 0.3) is 5.95 Å². The number of hydrogen-bond donors (Lipinski definition) is 3. The molecule has 0 aliphatic carbocycles. The zero-order valence-electron chi connectivity index (χ0n) is 13.1. The summed E-state index contributed by atoms with van der Waals surface area (Å²) in [4.78, 5) is 13.8. The Balaban J connectivity index is 1.61. The van der Waals surface area contributed by atoms with Crippen molar-refractivity contribution in [3.63, 3.8) is 0 Å². The van der Waals surface area contributed by atoms with Crippen LogP contribution in [-0.4, -0.2) is 37.9 Å². The van der Waals surface area contributed by atoms with Gasteiger partial charge in [0.15, 0.2) is 17.5 Å². The van der Waals surface area contributed by atoms with E-state index in [-0.39, 0.29) is 0 Å². The second kappa shape index (κ2) is 5.61. The predicted molar refractivity (Wildman–Crippen MR) is 92.0 cm³/mol. The second-order valence-electron chi connectivity index (χ2n) is 5.26. The Morgan fingerprint density at radius 2 is 2.12 bits per heavy atom. The van der Waals surface area contributed by atoms with Crippen LogP contribution in [0.25, 0.3) is 0 Å². The van der Waals surface area contributed by atoms with Gasteiger partial charge >= 0.3 is 0 Å². The van der Waals surface area contributed by atoms with Crippen LogP contribution < -0.4 is 15.6 Å². The molecule has 0 bridgehead atoms. The maximum absolute atomic E-state index is 4.48. The van der Waals surface area contributed by atoms with Crippen molar-refractivity contribution in [3.8, 4) is 0 Å². The van der Waals surface area contributed by atoms with Crippen molar-refractivity contribution in [1.29, 1.82) is 0 Å². The van der Waals surface area contributed by atoms with Crippen molar-refractivity contribution in [2.75, 3.05) is 22.7 Å². The zero-order valence-corrected chi connectivity index (χ0v) is 13.1. The number of aromatic nitrogens is 5. The number of anilines is 5. The van der Waals surface area contributed by atoms with Crippen LogP contribution >= 0.6 is 0 Å². The van der Waals surface area contributed by atoms with Gasteiger partial charge in [0, 0.05) is 19.4 Å². The highest BCUT2D eigenvalue weighted by molar-refractivity contribution is 5.97. The Kier molecular flexibility index (Phi) is 3.30. The van der Waals surface area contributed by atoms with E-state index in [4.69, 9.17) is 0 Å². The molecule has 0 radical (unpaired) electrons. The van der Waals surface area contributed by atoms with Gasteiger partial charge in [0.1, 0.15) is 0 Å². The molecule has 4 heterocycles. The number of nitrogens with zero attached hydrogens (tertiary/aromatic N) is 6. The molecule has 4 rings (SSSR count). The smallest absolute Gasteiger partial charge is 0.265 e. The lowest BCUT2D eigenvalue weighted by Crippen LogP contribution is -2.21. The molecule has 0 amide bonds. The van der Waals surface area contributed by atoms with Gasteiger partial charge < -0.3 is 15.2 Å². The van der Waals surface area contributed by atoms with Crippen LogP contribution in [0.2, 0.25) is 0 Å². The van der Waals surface area contributed by atoms with Gasteiger partial charge in [0.05, 0.1) is 17.1 Å². The Morgan fingerprint density at radius 1 is 1.21 bits per heavy atom. The summed E-state index contributed by atoms with van der Waals surface area (Å²) in [7, 11) is 1.91. The molecule has 0 unspecified atom stereocenters. The number of pyridine rings is 1. The van der Waals surface area contributed by atoms with E-state index in [0.717, 1.165) is 22.9 Å². The van der Waals surface area contributed by atoms with E-state index < -0.39 is 0 Å². The summed E-state index contributed by atoms with van der Waals surface area (Å²) in [6, 6.07) is 7.69. The summed E-state index contributed by atoms with van der Waals surface area (Å²) in [5.41, 5.74) is 5.48. The zero-order chi connectivity index (χ0) is 16.5. The minimum Gasteiger partial charge on any atom is -0.360 e. The largest absolute Gasteiger partial charge is 0.360 e. The van der Waals surface area contributed by atoms with Gasteiger partial charge in [-0.15, -0.1) is 10.2 Å². The van der Waals surface area contributed by atoms with E-state index in [9.17, 15) is 0 Å². The van der Waals surface area contributed by atoms with E-state index in [1.807, 2.05) is 49.3 Å². The minimum absolute atomic E-state index is 0.320. The highest BCUT2D eigenvalue weighted by Gasteiger charge is 2.23. The minimum atomic E-state index is 0.320. The molecule has 0 saturated heterocycles. The van der Waals surface area contributed by atoms with Crippen LogP contribution in [0, 0.1) is 0 Å². The SMILES string of the molecule is CC(=NNc1nnc2c(n1)N(C)c1cccnc1N2)c1ccc[nH]1. The third-order valence-electron chi connectivity index (χ3n) is 3.68. The topological polar surface area (TPSA) is 107 Å². The molecule has 3 aromatic rings. The lowest BCUT2D eigenvalue weighted by molar-refractivity contribution is 0.936. The maximum Gasteiger partial charge on any atom is 0.265 e.